The molecule has 1 heterocycles. The van der Waals surface area contributed by atoms with E-state index < -0.39 is 5.82 Å². The predicted molar refractivity (Wildman–Crippen MR) is 96.1 cm³/mol. The molecular formula is C17H16FN5O2S. The minimum Gasteiger partial charge on any atom is -0.494 e. The van der Waals surface area contributed by atoms with E-state index in [0.29, 0.717) is 11.8 Å². The third kappa shape index (κ3) is 4.37. The van der Waals surface area contributed by atoms with Crippen molar-refractivity contribution in [2.24, 2.45) is 0 Å². The molecule has 26 heavy (non-hydrogen) atoms. The number of para-hydroxylation sites is 1. The average molecular weight is 373 g/mol. The van der Waals surface area contributed by atoms with E-state index in [2.05, 4.69) is 20.8 Å². The van der Waals surface area contributed by atoms with Crippen molar-refractivity contribution in [3.63, 3.8) is 0 Å². The Morgan fingerprint density at radius 1 is 1.23 bits per heavy atom. The van der Waals surface area contributed by atoms with Gasteiger partial charge in [-0.25, -0.2) is 4.39 Å². The van der Waals surface area contributed by atoms with Gasteiger partial charge in [0.2, 0.25) is 11.1 Å². The Labute approximate surface area is 153 Å². The van der Waals surface area contributed by atoms with Gasteiger partial charge in [0.05, 0.1) is 23.7 Å². The average Bonchev–Trinajstić information content (AvgIpc) is 3.11. The van der Waals surface area contributed by atoms with Gasteiger partial charge in [0.1, 0.15) is 11.6 Å². The highest BCUT2D eigenvalue weighted by molar-refractivity contribution is 7.99. The summed E-state index contributed by atoms with van der Waals surface area (Å²) in [4.78, 5) is 12.0. The Kier molecular flexibility index (Phi) is 5.80. The van der Waals surface area contributed by atoms with Gasteiger partial charge in [-0.2, -0.15) is 4.68 Å². The molecule has 0 radical (unpaired) electrons. The number of hydrogen-bond acceptors (Lipinski definition) is 6. The van der Waals surface area contributed by atoms with Crippen LogP contribution in [0.5, 0.6) is 5.75 Å². The fraction of sp³-hybridized carbons (Fsp3) is 0.176. The number of nitrogens with one attached hydrogen (secondary N) is 1. The van der Waals surface area contributed by atoms with Crippen molar-refractivity contribution < 1.29 is 13.9 Å². The predicted octanol–water partition coefficient (Wildman–Crippen LogP) is 2.93. The second-order valence-electron chi connectivity index (χ2n) is 5.12. The number of hydrogen-bond donors (Lipinski definition) is 1. The number of anilines is 1. The van der Waals surface area contributed by atoms with Crippen molar-refractivity contribution in [1.29, 1.82) is 0 Å². The van der Waals surface area contributed by atoms with Crippen LogP contribution < -0.4 is 10.1 Å². The molecule has 2 aromatic carbocycles. The number of carbonyl (C=O) groups is 1. The number of ether oxygens (including phenoxy) is 1. The number of nitrogens with zero attached hydrogens (tertiary/aromatic N) is 4. The molecule has 0 spiro atoms. The molecule has 3 aromatic rings. The molecule has 9 heteroatoms. The van der Waals surface area contributed by atoms with Gasteiger partial charge >= 0.3 is 0 Å². The van der Waals surface area contributed by atoms with Crippen LogP contribution in [0, 0.1) is 5.82 Å². The molecule has 0 bridgehead atoms. The number of tetrazole rings is 1. The molecule has 0 aliphatic rings. The monoisotopic (exact) mass is 373 g/mol. The molecule has 0 unspecified atom stereocenters. The van der Waals surface area contributed by atoms with Gasteiger partial charge in [-0.05, 0) is 53.7 Å². The van der Waals surface area contributed by atoms with Gasteiger partial charge in [-0.1, -0.05) is 23.9 Å². The molecule has 0 saturated carbocycles. The lowest BCUT2D eigenvalue weighted by Crippen LogP contribution is -2.15. The molecule has 1 aromatic heterocycles. The van der Waals surface area contributed by atoms with Gasteiger partial charge in [0, 0.05) is 0 Å². The lowest BCUT2D eigenvalue weighted by atomic mass is 10.3. The van der Waals surface area contributed by atoms with Crippen molar-refractivity contribution in [3.8, 4) is 11.4 Å². The second kappa shape index (κ2) is 8.43. The first-order chi connectivity index (χ1) is 12.7. The van der Waals surface area contributed by atoms with E-state index >= 15 is 0 Å². The molecule has 1 N–H and O–H groups in total. The molecule has 0 aliphatic heterocycles. The summed E-state index contributed by atoms with van der Waals surface area (Å²) in [5.74, 6) is -0.0274. The van der Waals surface area contributed by atoms with Gasteiger partial charge in [-0.3, -0.25) is 4.79 Å². The Bertz CT molecular complexity index is 885. The second-order valence-corrected chi connectivity index (χ2v) is 6.06. The molecule has 134 valence electrons. The van der Waals surface area contributed by atoms with Crippen LogP contribution in [-0.2, 0) is 4.79 Å². The van der Waals surface area contributed by atoms with Crippen LogP contribution in [0.2, 0.25) is 0 Å². The largest absolute Gasteiger partial charge is 0.494 e. The number of rotatable bonds is 7. The van der Waals surface area contributed by atoms with Crippen LogP contribution in [-0.4, -0.2) is 38.5 Å². The number of thioether (sulfide) groups is 1. The molecule has 0 fully saturated rings. The van der Waals surface area contributed by atoms with Gasteiger partial charge in [0.25, 0.3) is 0 Å². The zero-order valence-corrected chi connectivity index (χ0v) is 14.7. The Hall–Kier alpha value is -2.94. The molecule has 0 saturated heterocycles. The number of halogens is 1. The van der Waals surface area contributed by atoms with Crippen molar-refractivity contribution in [1.82, 2.24) is 20.2 Å². The zero-order valence-electron chi connectivity index (χ0n) is 13.9. The number of aromatic nitrogens is 4. The van der Waals surface area contributed by atoms with E-state index in [9.17, 15) is 9.18 Å². The number of amides is 1. The Morgan fingerprint density at radius 3 is 2.73 bits per heavy atom. The molecule has 0 aliphatic carbocycles. The van der Waals surface area contributed by atoms with Gasteiger partial charge in [-0.15, -0.1) is 5.10 Å². The van der Waals surface area contributed by atoms with Crippen LogP contribution in [0.1, 0.15) is 6.92 Å². The highest BCUT2D eigenvalue weighted by Gasteiger charge is 2.13. The van der Waals surface area contributed by atoms with Crippen molar-refractivity contribution in [2.75, 3.05) is 17.7 Å². The van der Waals surface area contributed by atoms with Crippen LogP contribution in [0.25, 0.3) is 5.69 Å². The topological polar surface area (TPSA) is 81.9 Å². The molecule has 0 atom stereocenters. The smallest absolute Gasteiger partial charge is 0.234 e. The minimum atomic E-state index is -0.481. The quantitative estimate of drug-likeness (QED) is 0.641. The highest BCUT2D eigenvalue weighted by Crippen LogP contribution is 2.21. The third-order valence-electron chi connectivity index (χ3n) is 3.31. The molecule has 1 amide bonds. The fourth-order valence-corrected chi connectivity index (χ4v) is 2.85. The van der Waals surface area contributed by atoms with Crippen LogP contribution >= 0.6 is 11.8 Å². The summed E-state index contributed by atoms with van der Waals surface area (Å²) >= 11 is 1.16. The summed E-state index contributed by atoms with van der Waals surface area (Å²) < 4.78 is 20.5. The first kappa shape index (κ1) is 17.9. The maximum atomic E-state index is 13.6. The van der Waals surface area contributed by atoms with Crippen molar-refractivity contribution >= 4 is 23.4 Å². The van der Waals surface area contributed by atoms with E-state index in [1.54, 1.807) is 12.1 Å². The van der Waals surface area contributed by atoms with Crippen LogP contribution in [0.3, 0.4) is 0 Å². The summed E-state index contributed by atoms with van der Waals surface area (Å²) in [6.07, 6.45) is 0. The molecule has 3 rings (SSSR count). The van der Waals surface area contributed by atoms with E-state index in [-0.39, 0.29) is 17.3 Å². The van der Waals surface area contributed by atoms with Crippen LogP contribution in [0.15, 0.2) is 53.7 Å². The summed E-state index contributed by atoms with van der Waals surface area (Å²) in [5.41, 5.74) is 0.889. The molecular weight excluding hydrogens is 357 g/mol. The highest BCUT2D eigenvalue weighted by atomic mass is 32.2. The minimum absolute atomic E-state index is 0.0474. The summed E-state index contributed by atoms with van der Waals surface area (Å²) in [6, 6.07) is 13.3. The standard InChI is InChI=1S/C17H16FN5O2S/c1-2-25-13-9-7-12(8-10-13)23-17(20-21-22-23)26-11-16(24)19-15-6-4-3-5-14(15)18/h3-10H,2,11H2,1H3,(H,19,24). The van der Waals surface area contributed by atoms with E-state index in [0.717, 1.165) is 23.2 Å². The van der Waals surface area contributed by atoms with Gasteiger partial charge in [0.15, 0.2) is 0 Å². The van der Waals surface area contributed by atoms with E-state index in [1.807, 2.05) is 31.2 Å². The summed E-state index contributed by atoms with van der Waals surface area (Å²) in [7, 11) is 0. The SMILES string of the molecule is CCOc1ccc(-n2nnnc2SCC(=O)Nc2ccccc2F)cc1. The maximum Gasteiger partial charge on any atom is 0.234 e. The zero-order chi connectivity index (χ0) is 18.4. The first-order valence-corrected chi connectivity index (χ1v) is 8.84. The lowest BCUT2D eigenvalue weighted by Gasteiger charge is -2.07. The normalized spacial score (nSPS) is 10.5. The Balaban J connectivity index is 1.63. The number of benzene rings is 2. The fourth-order valence-electron chi connectivity index (χ4n) is 2.16. The van der Waals surface area contributed by atoms with Crippen molar-refractivity contribution in [3.05, 3.63) is 54.3 Å². The summed E-state index contributed by atoms with van der Waals surface area (Å²) in [6.45, 7) is 2.50. The number of carbonyl (C=O) groups excluding carboxylic acids is 1. The Morgan fingerprint density at radius 2 is 2.00 bits per heavy atom. The van der Waals surface area contributed by atoms with E-state index in [4.69, 9.17) is 4.74 Å². The van der Waals surface area contributed by atoms with Crippen LogP contribution in [0.4, 0.5) is 10.1 Å². The first-order valence-electron chi connectivity index (χ1n) is 7.86. The third-order valence-corrected chi connectivity index (χ3v) is 4.23. The van der Waals surface area contributed by atoms with E-state index in [1.165, 1.54) is 16.8 Å². The maximum absolute atomic E-state index is 13.6. The van der Waals surface area contributed by atoms with Crippen molar-refractivity contribution in [2.45, 2.75) is 12.1 Å². The molecule has 7 nitrogen and oxygen atoms in total. The lowest BCUT2D eigenvalue weighted by molar-refractivity contribution is -0.113. The summed E-state index contributed by atoms with van der Waals surface area (Å²) in [5, 5.41) is 14.5. The van der Waals surface area contributed by atoms with Gasteiger partial charge < -0.3 is 10.1 Å².